The van der Waals surface area contributed by atoms with Gasteiger partial charge in [0.05, 0.1) is 13.1 Å². The summed E-state index contributed by atoms with van der Waals surface area (Å²) in [6.45, 7) is 3.17. The molecule has 20 heavy (non-hydrogen) atoms. The fourth-order valence-electron chi connectivity index (χ4n) is 3.78. The first-order chi connectivity index (χ1) is 9.75. The van der Waals surface area contributed by atoms with Gasteiger partial charge in [-0.3, -0.25) is 4.79 Å². The van der Waals surface area contributed by atoms with Crippen molar-refractivity contribution in [2.45, 2.75) is 44.1 Å². The molecule has 3 rings (SSSR count). The Bertz CT molecular complexity index is 399. The van der Waals surface area contributed by atoms with Crippen LogP contribution in [0.5, 0.6) is 0 Å². The van der Waals surface area contributed by atoms with Crippen LogP contribution in [0.15, 0.2) is 11.6 Å². The third kappa shape index (κ3) is 2.51. The molecule has 112 valence electrons. The Labute approximate surface area is 121 Å². The second-order valence-corrected chi connectivity index (χ2v) is 6.32. The molecular formula is C16H25NO3. The molecule has 0 aromatic heterocycles. The third-order valence-electron chi connectivity index (χ3n) is 5.04. The third-order valence-corrected chi connectivity index (χ3v) is 5.04. The predicted octanol–water partition coefficient (Wildman–Crippen LogP) is 2.14. The molecular weight excluding hydrogens is 254 g/mol. The molecule has 0 radical (unpaired) electrons. The van der Waals surface area contributed by atoms with Gasteiger partial charge < -0.3 is 14.4 Å². The van der Waals surface area contributed by atoms with E-state index in [0.29, 0.717) is 5.92 Å². The van der Waals surface area contributed by atoms with E-state index in [0.717, 1.165) is 64.0 Å². The van der Waals surface area contributed by atoms with E-state index >= 15 is 0 Å². The number of likely N-dealkylation sites (tertiary alicyclic amines) is 1. The minimum atomic E-state index is -0.0661. The van der Waals surface area contributed by atoms with Gasteiger partial charge in [-0.05, 0) is 44.4 Å². The van der Waals surface area contributed by atoms with Gasteiger partial charge in [0.15, 0.2) is 0 Å². The molecule has 0 bridgehead atoms. The van der Waals surface area contributed by atoms with Crippen molar-refractivity contribution in [1.82, 2.24) is 4.90 Å². The normalized spacial score (nSPS) is 28.4. The molecule has 0 unspecified atom stereocenters. The van der Waals surface area contributed by atoms with Crippen molar-refractivity contribution >= 4 is 5.91 Å². The van der Waals surface area contributed by atoms with Crippen molar-refractivity contribution in [2.75, 3.05) is 33.4 Å². The number of carbonyl (C=O) groups excluding carboxylic acids is 1. The molecule has 0 N–H and O–H groups in total. The van der Waals surface area contributed by atoms with Crippen molar-refractivity contribution < 1.29 is 14.3 Å². The molecule has 2 fully saturated rings. The fraction of sp³-hybridized carbons (Fsp3) is 0.812. The second kappa shape index (κ2) is 5.86. The van der Waals surface area contributed by atoms with E-state index in [4.69, 9.17) is 9.47 Å². The second-order valence-electron chi connectivity index (χ2n) is 6.32. The Balaban J connectivity index is 1.56. The average Bonchev–Trinajstić information content (AvgIpc) is 2.87. The maximum absolute atomic E-state index is 12.4. The Kier molecular flexibility index (Phi) is 4.13. The first-order valence-electron chi connectivity index (χ1n) is 7.86. The highest BCUT2D eigenvalue weighted by Gasteiger charge is 2.54. The van der Waals surface area contributed by atoms with Gasteiger partial charge >= 0.3 is 0 Å². The molecule has 2 heterocycles. The van der Waals surface area contributed by atoms with Gasteiger partial charge in [-0.1, -0.05) is 6.08 Å². The van der Waals surface area contributed by atoms with Gasteiger partial charge in [0.1, 0.15) is 5.60 Å². The number of hydrogen-bond donors (Lipinski definition) is 0. The van der Waals surface area contributed by atoms with Gasteiger partial charge in [-0.15, -0.1) is 0 Å². The van der Waals surface area contributed by atoms with Crippen LogP contribution in [0.1, 0.15) is 38.5 Å². The molecule has 0 aromatic carbocycles. The van der Waals surface area contributed by atoms with E-state index in [1.807, 2.05) is 4.90 Å². The number of rotatable bonds is 4. The van der Waals surface area contributed by atoms with Crippen LogP contribution in [0.4, 0.5) is 0 Å². The molecule has 1 amide bonds. The van der Waals surface area contributed by atoms with Crippen molar-refractivity contribution in [3.8, 4) is 0 Å². The Morgan fingerprint density at radius 1 is 1.50 bits per heavy atom. The van der Waals surface area contributed by atoms with Gasteiger partial charge in [0, 0.05) is 25.9 Å². The van der Waals surface area contributed by atoms with E-state index in [1.54, 1.807) is 7.11 Å². The maximum Gasteiger partial charge on any atom is 0.249 e. The van der Waals surface area contributed by atoms with Crippen LogP contribution in [0.3, 0.4) is 0 Å². The molecule has 0 aromatic rings. The van der Waals surface area contributed by atoms with Crippen LogP contribution < -0.4 is 0 Å². The van der Waals surface area contributed by atoms with E-state index in [9.17, 15) is 4.79 Å². The summed E-state index contributed by atoms with van der Waals surface area (Å²) < 4.78 is 11.2. The van der Waals surface area contributed by atoms with Crippen LogP contribution in [0, 0.1) is 5.92 Å². The lowest BCUT2D eigenvalue weighted by Crippen LogP contribution is -2.66. The molecule has 3 aliphatic rings. The topological polar surface area (TPSA) is 38.8 Å². The van der Waals surface area contributed by atoms with Gasteiger partial charge in [-0.25, -0.2) is 0 Å². The zero-order valence-corrected chi connectivity index (χ0v) is 12.4. The minimum absolute atomic E-state index is 0.0661. The molecule has 1 atom stereocenters. The summed E-state index contributed by atoms with van der Waals surface area (Å²) in [7, 11) is 1.74. The summed E-state index contributed by atoms with van der Waals surface area (Å²) in [6.07, 6.45) is 8.68. The number of allylic oxidation sites excluding steroid dienone is 1. The van der Waals surface area contributed by atoms with Crippen molar-refractivity contribution in [2.24, 2.45) is 5.92 Å². The SMILES string of the molecule is COCC[C@H]1CCOC12CN(C(=O)C1=CCCCC1)C2. The Hall–Kier alpha value is -0.870. The highest BCUT2D eigenvalue weighted by atomic mass is 16.5. The molecule has 0 saturated carbocycles. The van der Waals surface area contributed by atoms with Crippen molar-refractivity contribution in [1.29, 1.82) is 0 Å². The average molecular weight is 279 g/mol. The number of ether oxygens (including phenoxy) is 2. The number of methoxy groups -OCH3 is 1. The van der Waals surface area contributed by atoms with Crippen molar-refractivity contribution in [3.63, 3.8) is 0 Å². The van der Waals surface area contributed by atoms with Crippen LogP contribution in [-0.2, 0) is 14.3 Å². The fourth-order valence-corrected chi connectivity index (χ4v) is 3.78. The van der Waals surface area contributed by atoms with Crippen LogP contribution in [-0.4, -0.2) is 49.8 Å². The maximum atomic E-state index is 12.4. The summed E-state index contributed by atoms with van der Waals surface area (Å²) >= 11 is 0. The van der Waals surface area contributed by atoms with E-state index in [-0.39, 0.29) is 11.5 Å². The summed E-state index contributed by atoms with van der Waals surface area (Å²) in [5.74, 6) is 0.795. The van der Waals surface area contributed by atoms with E-state index < -0.39 is 0 Å². The van der Waals surface area contributed by atoms with Gasteiger partial charge in [0.25, 0.3) is 0 Å². The van der Waals surface area contributed by atoms with Crippen LogP contribution >= 0.6 is 0 Å². The zero-order chi connectivity index (χ0) is 14.0. The smallest absolute Gasteiger partial charge is 0.249 e. The van der Waals surface area contributed by atoms with Crippen LogP contribution in [0.25, 0.3) is 0 Å². The first-order valence-corrected chi connectivity index (χ1v) is 7.86. The van der Waals surface area contributed by atoms with Gasteiger partial charge in [-0.2, -0.15) is 0 Å². The molecule has 4 heteroatoms. The number of carbonyl (C=O) groups is 1. The molecule has 2 aliphatic heterocycles. The summed E-state index contributed by atoms with van der Waals surface area (Å²) in [5.41, 5.74) is 0.959. The zero-order valence-electron chi connectivity index (χ0n) is 12.4. The van der Waals surface area contributed by atoms with E-state index in [1.165, 1.54) is 6.42 Å². The summed E-state index contributed by atoms with van der Waals surface area (Å²) in [5, 5.41) is 0. The minimum Gasteiger partial charge on any atom is -0.385 e. The molecule has 4 nitrogen and oxygen atoms in total. The quantitative estimate of drug-likeness (QED) is 0.791. The molecule has 2 saturated heterocycles. The van der Waals surface area contributed by atoms with Crippen LogP contribution in [0.2, 0.25) is 0 Å². The highest BCUT2D eigenvalue weighted by Crippen LogP contribution is 2.42. The van der Waals surface area contributed by atoms with Crippen molar-refractivity contribution in [3.05, 3.63) is 11.6 Å². The van der Waals surface area contributed by atoms with Gasteiger partial charge in [0.2, 0.25) is 5.91 Å². The van der Waals surface area contributed by atoms with E-state index in [2.05, 4.69) is 6.08 Å². The summed E-state index contributed by atoms with van der Waals surface area (Å²) in [4.78, 5) is 14.4. The number of hydrogen-bond acceptors (Lipinski definition) is 3. The lowest BCUT2D eigenvalue weighted by molar-refractivity contribution is -0.162. The summed E-state index contributed by atoms with van der Waals surface area (Å²) in [6, 6.07) is 0. The highest BCUT2D eigenvalue weighted by molar-refractivity contribution is 5.94. The lowest BCUT2D eigenvalue weighted by Gasteiger charge is -2.50. The number of nitrogens with zero attached hydrogens (tertiary/aromatic N) is 1. The Morgan fingerprint density at radius 3 is 3.05 bits per heavy atom. The Morgan fingerprint density at radius 2 is 2.35 bits per heavy atom. The molecule has 1 spiro atoms. The first kappa shape index (κ1) is 14.1. The predicted molar refractivity (Wildman–Crippen MR) is 76.4 cm³/mol. The lowest BCUT2D eigenvalue weighted by atomic mass is 9.78. The standard InChI is InChI=1S/C16H25NO3/c1-19-9-7-14-8-10-20-16(14)11-17(12-16)15(18)13-5-3-2-4-6-13/h5,14H,2-4,6-12H2,1H3/t14-/m0/s1. The molecule has 1 aliphatic carbocycles. The largest absolute Gasteiger partial charge is 0.385 e. The number of amides is 1. The monoisotopic (exact) mass is 279 g/mol.